The summed E-state index contributed by atoms with van der Waals surface area (Å²) in [7, 11) is 0. The van der Waals surface area contributed by atoms with Crippen LogP contribution in [0.4, 0.5) is 14.5 Å². The van der Waals surface area contributed by atoms with Gasteiger partial charge in [-0.15, -0.1) is 0 Å². The van der Waals surface area contributed by atoms with Crippen LogP contribution in [0.2, 0.25) is 0 Å². The van der Waals surface area contributed by atoms with Crippen LogP contribution in [0.25, 0.3) is 0 Å². The number of hydrogen-bond donors (Lipinski definition) is 1. The number of ether oxygens (including phenoxy) is 2. The fourth-order valence-electron chi connectivity index (χ4n) is 4.56. The van der Waals surface area contributed by atoms with E-state index in [1.54, 1.807) is 12.1 Å². The van der Waals surface area contributed by atoms with E-state index in [4.69, 9.17) is 9.47 Å². The summed E-state index contributed by atoms with van der Waals surface area (Å²) in [5.41, 5.74) is 4.30. The summed E-state index contributed by atoms with van der Waals surface area (Å²) < 4.78 is 38.0. The number of nitrogens with one attached hydrogen (secondary N) is 1. The van der Waals surface area contributed by atoms with Crippen molar-refractivity contribution in [2.45, 2.75) is 37.8 Å². The summed E-state index contributed by atoms with van der Waals surface area (Å²) in [6.45, 7) is 1.43. The van der Waals surface area contributed by atoms with Gasteiger partial charge in [0.05, 0.1) is 18.8 Å². The maximum Gasteiger partial charge on any atom is 0.263 e. The second kappa shape index (κ2) is 6.23. The standard InChI is InChI=1S/C21H21F2NO2/c22-21(23)14-3-5-17-16(11-14)20-15(2-1-8-26-20)19(24-17)13-4-6-18-12(10-13)7-9-25-18/h3-6,10-11,15,19-21,24H,1-2,7-9H2. The number of fused-ring (bicyclic) bond motifs is 4. The highest BCUT2D eigenvalue weighted by molar-refractivity contribution is 5.59. The van der Waals surface area contributed by atoms with Gasteiger partial charge in [0.2, 0.25) is 0 Å². The van der Waals surface area contributed by atoms with Gasteiger partial charge in [-0.25, -0.2) is 8.78 Å². The Morgan fingerprint density at radius 3 is 2.88 bits per heavy atom. The highest BCUT2D eigenvalue weighted by atomic mass is 19.3. The van der Waals surface area contributed by atoms with E-state index in [1.807, 2.05) is 6.07 Å². The van der Waals surface area contributed by atoms with Crippen LogP contribution in [-0.2, 0) is 11.2 Å². The van der Waals surface area contributed by atoms with Crippen molar-refractivity contribution in [2.24, 2.45) is 5.92 Å². The predicted octanol–water partition coefficient (Wildman–Crippen LogP) is 5.19. The van der Waals surface area contributed by atoms with E-state index in [0.717, 1.165) is 42.9 Å². The third-order valence-electron chi connectivity index (χ3n) is 5.81. The van der Waals surface area contributed by atoms with Gasteiger partial charge in [-0.3, -0.25) is 0 Å². The zero-order valence-electron chi connectivity index (χ0n) is 14.4. The molecule has 136 valence electrons. The lowest BCUT2D eigenvalue weighted by Crippen LogP contribution is -2.36. The Morgan fingerprint density at radius 1 is 1.08 bits per heavy atom. The fraction of sp³-hybridized carbons (Fsp3) is 0.429. The summed E-state index contributed by atoms with van der Waals surface area (Å²) in [4.78, 5) is 0. The van der Waals surface area contributed by atoms with Crippen LogP contribution in [0.5, 0.6) is 5.75 Å². The lowest BCUT2D eigenvalue weighted by atomic mass is 9.77. The van der Waals surface area contributed by atoms with Crippen molar-refractivity contribution in [3.05, 3.63) is 58.7 Å². The summed E-state index contributed by atoms with van der Waals surface area (Å²) in [5, 5.41) is 3.60. The van der Waals surface area contributed by atoms with E-state index < -0.39 is 6.43 Å². The molecule has 0 aliphatic carbocycles. The van der Waals surface area contributed by atoms with Crippen molar-refractivity contribution in [1.29, 1.82) is 0 Å². The summed E-state index contributed by atoms with van der Waals surface area (Å²) >= 11 is 0. The Morgan fingerprint density at radius 2 is 2.00 bits per heavy atom. The van der Waals surface area contributed by atoms with Crippen LogP contribution >= 0.6 is 0 Å². The molecule has 26 heavy (non-hydrogen) atoms. The van der Waals surface area contributed by atoms with Crippen LogP contribution in [0.3, 0.4) is 0 Å². The zero-order valence-corrected chi connectivity index (χ0v) is 14.4. The first kappa shape index (κ1) is 16.1. The van der Waals surface area contributed by atoms with Gasteiger partial charge in [-0.05, 0) is 48.2 Å². The first-order chi connectivity index (χ1) is 12.7. The van der Waals surface area contributed by atoms with Gasteiger partial charge in [0.1, 0.15) is 5.75 Å². The Labute approximate surface area is 151 Å². The third kappa shape index (κ3) is 2.57. The molecule has 0 aromatic heterocycles. The average Bonchev–Trinajstić information content (AvgIpc) is 3.14. The van der Waals surface area contributed by atoms with E-state index in [2.05, 4.69) is 17.4 Å². The van der Waals surface area contributed by atoms with Crippen molar-refractivity contribution < 1.29 is 18.3 Å². The number of halogens is 2. The van der Waals surface area contributed by atoms with E-state index in [9.17, 15) is 8.78 Å². The molecule has 0 saturated carbocycles. The number of rotatable bonds is 2. The molecule has 2 aromatic carbocycles. The minimum Gasteiger partial charge on any atom is -0.493 e. The molecule has 3 aliphatic heterocycles. The molecule has 0 amide bonds. The Hall–Kier alpha value is -2.14. The second-order valence-electron chi connectivity index (χ2n) is 7.33. The fourth-order valence-corrected chi connectivity index (χ4v) is 4.56. The topological polar surface area (TPSA) is 30.5 Å². The minimum absolute atomic E-state index is 0.0617. The Bertz CT molecular complexity index is 839. The number of hydrogen-bond acceptors (Lipinski definition) is 3. The van der Waals surface area contributed by atoms with Gasteiger partial charge in [-0.2, -0.15) is 0 Å². The van der Waals surface area contributed by atoms with Crippen LogP contribution in [0, 0.1) is 5.92 Å². The first-order valence-corrected chi connectivity index (χ1v) is 9.26. The number of alkyl halides is 2. The molecular formula is C21H21F2NO2. The van der Waals surface area contributed by atoms with Gasteiger partial charge in [0.15, 0.2) is 0 Å². The maximum absolute atomic E-state index is 13.2. The van der Waals surface area contributed by atoms with Gasteiger partial charge in [-0.1, -0.05) is 12.1 Å². The van der Waals surface area contributed by atoms with Crippen molar-refractivity contribution >= 4 is 5.69 Å². The molecule has 3 aliphatic rings. The molecule has 5 rings (SSSR count). The van der Waals surface area contributed by atoms with E-state index in [-0.39, 0.29) is 23.6 Å². The highest BCUT2D eigenvalue weighted by Crippen LogP contribution is 2.50. The van der Waals surface area contributed by atoms with Crippen LogP contribution in [0.1, 0.15) is 53.7 Å². The summed E-state index contributed by atoms with van der Waals surface area (Å²) in [5.74, 6) is 1.22. The van der Waals surface area contributed by atoms with Crippen LogP contribution < -0.4 is 10.1 Å². The van der Waals surface area contributed by atoms with Gasteiger partial charge < -0.3 is 14.8 Å². The highest BCUT2D eigenvalue weighted by Gasteiger charge is 2.40. The molecule has 0 radical (unpaired) electrons. The molecule has 3 heterocycles. The first-order valence-electron chi connectivity index (χ1n) is 9.26. The van der Waals surface area contributed by atoms with E-state index >= 15 is 0 Å². The maximum atomic E-state index is 13.2. The average molecular weight is 357 g/mol. The zero-order chi connectivity index (χ0) is 17.7. The van der Waals surface area contributed by atoms with Gasteiger partial charge in [0, 0.05) is 35.8 Å². The molecule has 5 heteroatoms. The van der Waals surface area contributed by atoms with Crippen LogP contribution in [-0.4, -0.2) is 13.2 Å². The van der Waals surface area contributed by atoms with Gasteiger partial charge in [0.25, 0.3) is 6.43 Å². The van der Waals surface area contributed by atoms with Crippen molar-refractivity contribution in [3.8, 4) is 5.75 Å². The molecule has 3 atom stereocenters. The normalized spacial score (nSPS) is 26.5. The molecule has 0 spiro atoms. The molecule has 3 nitrogen and oxygen atoms in total. The second-order valence-corrected chi connectivity index (χ2v) is 7.33. The smallest absolute Gasteiger partial charge is 0.263 e. The minimum atomic E-state index is -2.46. The summed E-state index contributed by atoms with van der Waals surface area (Å²) in [6, 6.07) is 11.4. The van der Waals surface area contributed by atoms with Crippen LogP contribution in [0.15, 0.2) is 36.4 Å². The lowest BCUT2D eigenvalue weighted by Gasteiger charge is -2.43. The number of benzene rings is 2. The Balaban J connectivity index is 1.55. The molecule has 3 unspecified atom stereocenters. The Kier molecular flexibility index (Phi) is 3.85. The quantitative estimate of drug-likeness (QED) is 0.802. The molecule has 2 aromatic rings. The molecule has 0 bridgehead atoms. The number of anilines is 1. The molecule has 1 fully saturated rings. The lowest BCUT2D eigenvalue weighted by molar-refractivity contribution is -0.0382. The monoisotopic (exact) mass is 357 g/mol. The third-order valence-corrected chi connectivity index (χ3v) is 5.81. The van der Waals surface area contributed by atoms with Crippen molar-refractivity contribution in [2.75, 3.05) is 18.5 Å². The van der Waals surface area contributed by atoms with Crippen molar-refractivity contribution in [1.82, 2.24) is 0 Å². The van der Waals surface area contributed by atoms with E-state index in [0.29, 0.717) is 6.61 Å². The molecule has 1 saturated heterocycles. The van der Waals surface area contributed by atoms with E-state index in [1.165, 1.54) is 17.2 Å². The van der Waals surface area contributed by atoms with Gasteiger partial charge >= 0.3 is 0 Å². The predicted molar refractivity (Wildman–Crippen MR) is 94.8 cm³/mol. The SMILES string of the molecule is FC(F)c1ccc2c(c1)C1OCCCC1C(c1ccc3c(c1)CCO3)N2. The largest absolute Gasteiger partial charge is 0.493 e. The molecule has 1 N–H and O–H groups in total. The van der Waals surface area contributed by atoms with Crippen molar-refractivity contribution in [3.63, 3.8) is 0 Å². The summed E-state index contributed by atoms with van der Waals surface area (Å²) in [6.07, 6.45) is 0.366. The molecular weight excluding hydrogens is 336 g/mol.